The van der Waals surface area contributed by atoms with Crippen LogP contribution in [0.2, 0.25) is 0 Å². The van der Waals surface area contributed by atoms with Crippen molar-refractivity contribution in [3.05, 3.63) is 39.6 Å². The Morgan fingerprint density at radius 1 is 1.30 bits per heavy atom. The van der Waals surface area contributed by atoms with Gasteiger partial charge in [0.2, 0.25) is 6.29 Å². The zero-order valence-electron chi connectivity index (χ0n) is 22.9. The third-order valence-corrected chi connectivity index (χ3v) is 10.1. The van der Waals surface area contributed by atoms with Gasteiger partial charge in [-0.05, 0) is 25.7 Å². The van der Waals surface area contributed by atoms with Gasteiger partial charge in [0.1, 0.15) is 28.9 Å². The Bertz CT molecular complexity index is 1420. The van der Waals surface area contributed by atoms with Gasteiger partial charge in [0, 0.05) is 40.5 Å². The number of carbonyl (C=O) groups excluding carboxylic acids is 4. The number of β-lactam (4-membered cyclic amide) rings is 1. The summed E-state index contributed by atoms with van der Waals surface area (Å²) in [5.41, 5.74) is 6.14. The predicted octanol–water partition coefficient (Wildman–Crippen LogP) is 2.55. The molecule has 18 heteroatoms. The number of thioether (sulfide) groups is 2. The number of esters is 1. The number of H-pyrrole nitrogens is 1. The third-order valence-electron chi connectivity index (χ3n) is 6.81. The van der Waals surface area contributed by atoms with E-state index in [1.165, 1.54) is 40.7 Å². The van der Waals surface area contributed by atoms with Crippen LogP contribution in [0.15, 0.2) is 33.5 Å². The fourth-order valence-electron chi connectivity index (χ4n) is 4.75. The van der Waals surface area contributed by atoms with Gasteiger partial charge >= 0.3 is 12.1 Å². The molecular formula is C25H29N7O8S3. The van der Waals surface area contributed by atoms with Crippen molar-refractivity contribution in [1.29, 1.82) is 0 Å². The molecule has 4 heterocycles. The average molecular weight is 652 g/mol. The van der Waals surface area contributed by atoms with Crippen LogP contribution in [0.1, 0.15) is 50.3 Å². The molecule has 2 aromatic rings. The fourth-order valence-corrected chi connectivity index (χ4v) is 7.85. The van der Waals surface area contributed by atoms with E-state index >= 15 is 0 Å². The molecule has 1 unspecified atom stereocenters. The summed E-state index contributed by atoms with van der Waals surface area (Å²) < 4.78 is 16.0. The minimum absolute atomic E-state index is 0.00725. The average Bonchev–Trinajstić information content (AvgIpc) is 3.67. The summed E-state index contributed by atoms with van der Waals surface area (Å²) in [6.45, 7) is 1.38. The van der Waals surface area contributed by atoms with Crippen molar-refractivity contribution >= 4 is 69.6 Å². The number of ether oxygens (including phenoxy) is 3. The molecule has 1 saturated heterocycles. The second-order valence-electron chi connectivity index (χ2n) is 9.77. The van der Waals surface area contributed by atoms with Crippen molar-refractivity contribution in [2.24, 2.45) is 5.16 Å². The first-order valence-corrected chi connectivity index (χ1v) is 16.3. The van der Waals surface area contributed by atoms with Crippen molar-refractivity contribution in [1.82, 2.24) is 25.4 Å². The number of nitrogens with one attached hydrogen (secondary N) is 2. The van der Waals surface area contributed by atoms with Crippen LogP contribution in [-0.2, 0) is 34.3 Å². The maximum absolute atomic E-state index is 13.5. The highest BCUT2D eigenvalue weighted by molar-refractivity contribution is 8.05. The fraction of sp³-hybridized carbons (Fsp3) is 0.480. The summed E-state index contributed by atoms with van der Waals surface area (Å²) in [6.07, 6.45) is 5.45. The van der Waals surface area contributed by atoms with E-state index in [9.17, 15) is 24.4 Å². The monoisotopic (exact) mass is 651 g/mol. The summed E-state index contributed by atoms with van der Waals surface area (Å²) in [4.78, 5) is 57.7. The van der Waals surface area contributed by atoms with Crippen LogP contribution in [0.3, 0.4) is 0 Å². The van der Waals surface area contributed by atoms with Crippen molar-refractivity contribution in [3.63, 3.8) is 0 Å². The van der Waals surface area contributed by atoms with E-state index in [-0.39, 0.29) is 22.6 Å². The largest absolute Gasteiger partial charge is 0.511 e. The van der Waals surface area contributed by atoms with E-state index in [0.29, 0.717) is 16.4 Å². The zero-order chi connectivity index (χ0) is 30.5. The van der Waals surface area contributed by atoms with Gasteiger partial charge in [0.25, 0.3) is 11.8 Å². The second-order valence-corrected chi connectivity index (χ2v) is 12.8. The molecule has 1 aliphatic carbocycles. The van der Waals surface area contributed by atoms with Crippen molar-refractivity contribution in [2.45, 2.75) is 68.6 Å². The maximum atomic E-state index is 13.5. The molecule has 0 bridgehead atoms. The number of anilines is 1. The van der Waals surface area contributed by atoms with Crippen LogP contribution in [-0.4, -0.2) is 84.5 Å². The standard InChI is InChI=1S/C25H29N7O8S3/c1-12(39-25(36)40-14-5-3-2-4-6-14)38-23(35)19-16(41-9-13-7-27-28-8-13)11-42-22-18(21(34)32(19)22)30-20(33)17(31-37)15-10-43-24(26)29-15/h7-8,10,12,14,18,22,37H,2-6,9,11H2,1H3,(H2,26,29)(H,27,28)(H,30,33)/b31-17+/t12?,18-,22-/m1/s1. The number of nitrogens with two attached hydrogens (primary N) is 1. The van der Waals surface area contributed by atoms with Gasteiger partial charge in [0.15, 0.2) is 10.8 Å². The molecule has 3 aliphatic rings. The molecular weight excluding hydrogens is 623 g/mol. The van der Waals surface area contributed by atoms with E-state index in [0.717, 1.165) is 49.0 Å². The molecule has 2 aliphatic heterocycles. The van der Waals surface area contributed by atoms with Crippen LogP contribution < -0.4 is 11.1 Å². The van der Waals surface area contributed by atoms with E-state index in [4.69, 9.17) is 19.9 Å². The number of amides is 2. The normalized spacial score (nSPS) is 21.5. The number of rotatable bonds is 10. The molecule has 2 aromatic heterocycles. The minimum atomic E-state index is -1.29. The highest BCUT2D eigenvalue weighted by Crippen LogP contribution is 2.44. The lowest BCUT2D eigenvalue weighted by molar-refractivity contribution is -0.169. The Morgan fingerprint density at radius 2 is 2.09 bits per heavy atom. The molecule has 5 N–H and O–H groups in total. The number of hydrogen-bond donors (Lipinski definition) is 4. The first-order chi connectivity index (χ1) is 20.7. The van der Waals surface area contributed by atoms with E-state index in [1.54, 1.807) is 12.4 Å². The zero-order valence-corrected chi connectivity index (χ0v) is 25.3. The minimum Gasteiger partial charge on any atom is -0.431 e. The number of fused-ring (bicyclic) bond motifs is 1. The Hall–Kier alpha value is -3.77. The number of hydrogen-bond acceptors (Lipinski definition) is 15. The van der Waals surface area contributed by atoms with Gasteiger partial charge in [0.05, 0.1) is 6.20 Å². The molecule has 0 radical (unpaired) electrons. The third kappa shape index (κ3) is 7.07. The van der Waals surface area contributed by atoms with Gasteiger partial charge in [-0.15, -0.1) is 34.9 Å². The van der Waals surface area contributed by atoms with E-state index < -0.39 is 47.4 Å². The smallest absolute Gasteiger partial charge is 0.431 e. The Labute approximate surface area is 257 Å². The number of carbonyl (C=O) groups is 4. The van der Waals surface area contributed by atoms with Crippen LogP contribution >= 0.6 is 34.9 Å². The van der Waals surface area contributed by atoms with Crippen molar-refractivity contribution < 1.29 is 38.6 Å². The number of aromatic nitrogens is 3. The Balaban J connectivity index is 1.27. The Morgan fingerprint density at radius 3 is 2.77 bits per heavy atom. The van der Waals surface area contributed by atoms with Gasteiger partial charge in [-0.3, -0.25) is 19.6 Å². The summed E-state index contributed by atoms with van der Waals surface area (Å²) in [5, 5.41) is 22.6. The first-order valence-electron chi connectivity index (χ1n) is 13.4. The number of nitrogen functional groups attached to an aromatic ring is 1. The topological polar surface area (TPSA) is 211 Å². The van der Waals surface area contributed by atoms with Crippen LogP contribution in [0.25, 0.3) is 0 Å². The predicted molar refractivity (Wildman–Crippen MR) is 157 cm³/mol. The number of aromatic amines is 1. The second kappa shape index (κ2) is 13.7. The molecule has 5 rings (SSSR count). The van der Waals surface area contributed by atoms with Gasteiger partial charge in [-0.1, -0.05) is 11.6 Å². The summed E-state index contributed by atoms with van der Waals surface area (Å²) in [6, 6.07) is -1.02. The molecule has 0 spiro atoms. The molecule has 3 atom stereocenters. The van der Waals surface area contributed by atoms with E-state index in [1.807, 2.05) is 0 Å². The summed E-state index contributed by atoms with van der Waals surface area (Å²) in [5.74, 6) is -1.48. The molecule has 0 aromatic carbocycles. The maximum Gasteiger partial charge on any atom is 0.511 e. The Kier molecular flexibility index (Phi) is 9.76. The molecule has 2 fully saturated rings. The number of oxime groups is 1. The lowest BCUT2D eigenvalue weighted by Crippen LogP contribution is -2.71. The van der Waals surface area contributed by atoms with Gasteiger partial charge in [-0.2, -0.15) is 5.10 Å². The lowest BCUT2D eigenvalue weighted by Gasteiger charge is -2.49. The van der Waals surface area contributed by atoms with Gasteiger partial charge < -0.3 is 30.5 Å². The molecule has 43 heavy (non-hydrogen) atoms. The number of thiazole rings is 1. The quantitative estimate of drug-likeness (QED) is 0.0727. The SMILES string of the molecule is CC(OC(=O)OC1CCCCC1)OC(=O)C1=C(SCc2cn[nH]c2)CS[C@@H]2[C@H](NC(=O)/C(=N/O)c3csc(N)n3)C(=O)N12. The van der Waals surface area contributed by atoms with Gasteiger partial charge in [-0.25, -0.2) is 14.6 Å². The lowest BCUT2D eigenvalue weighted by atomic mass is 9.98. The van der Waals surface area contributed by atoms with Crippen LogP contribution in [0, 0.1) is 0 Å². The van der Waals surface area contributed by atoms with E-state index in [2.05, 4.69) is 25.7 Å². The number of nitrogens with zero attached hydrogens (tertiary/aromatic N) is 4. The van der Waals surface area contributed by atoms with Crippen molar-refractivity contribution in [3.8, 4) is 0 Å². The van der Waals surface area contributed by atoms with Crippen LogP contribution in [0.4, 0.5) is 9.93 Å². The molecule has 1 saturated carbocycles. The molecule has 15 nitrogen and oxygen atoms in total. The molecule has 230 valence electrons. The molecule has 2 amide bonds. The highest BCUT2D eigenvalue weighted by Gasteiger charge is 2.55. The van der Waals surface area contributed by atoms with Crippen LogP contribution in [0.5, 0.6) is 0 Å². The summed E-state index contributed by atoms with van der Waals surface area (Å²) >= 11 is 3.73. The first kappa shape index (κ1) is 30.7. The van der Waals surface area contributed by atoms with Crippen molar-refractivity contribution in [2.75, 3.05) is 11.5 Å². The highest BCUT2D eigenvalue weighted by atomic mass is 32.2. The summed E-state index contributed by atoms with van der Waals surface area (Å²) in [7, 11) is 0.